The topological polar surface area (TPSA) is 177 Å². The zero-order valence-electron chi connectivity index (χ0n) is 40.6. The molecule has 3 amide bonds. The maximum atomic E-state index is 13.4. The van der Waals surface area contributed by atoms with Crippen LogP contribution in [0.5, 0.6) is 0 Å². The fraction of sp³-hybridized carbons (Fsp3) is 0.518. The van der Waals surface area contributed by atoms with Crippen molar-refractivity contribution >= 4 is 17.7 Å². The van der Waals surface area contributed by atoms with E-state index in [1.165, 1.54) is 0 Å². The third kappa shape index (κ3) is 34.1. The summed E-state index contributed by atoms with van der Waals surface area (Å²) < 4.78 is 5.19. The predicted octanol–water partition coefficient (Wildman–Crippen LogP) is 9.63. The minimum Gasteiger partial charge on any atom is -0.394 e. The van der Waals surface area contributed by atoms with Crippen molar-refractivity contribution in [1.29, 1.82) is 0 Å². The summed E-state index contributed by atoms with van der Waals surface area (Å²) in [4.78, 5) is 38.8. The van der Waals surface area contributed by atoms with Crippen LogP contribution in [0.4, 0.5) is 0 Å². The minimum absolute atomic E-state index is 0.0726. The highest BCUT2D eigenvalue weighted by atomic mass is 16.6. The molecule has 1 rings (SSSR count). The Bertz CT molecular complexity index is 1670. The first-order valence-electron chi connectivity index (χ1n) is 24.7. The van der Waals surface area contributed by atoms with Crippen LogP contribution in [-0.4, -0.2) is 88.0 Å². The van der Waals surface area contributed by atoms with Crippen molar-refractivity contribution in [1.82, 2.24) is 16.0 Å². The lowest BCUT2D eigenvalue weighted by molar-refractivity contribution is -0.254. The fourth-order valence-electron chi connectivity index (χ4n) is 6.55. The van der Waals surface area contributed by atoms with Crippen molar-refractivity contribution in [3.8, 4) is 0 Å². The minimum atomic E-state index is -1.69. The SMILES string of the molecule is CC/C=C\C/C=C\C/C=C\C/C=C\C/C=C\C/C=C\CCC(=O)NCCCC[C@H](NC(=O)CC/C=C\C/C=C\C/C=C\C/C=C\C/C=C\C/C=C\CC)C(=O)NC1C(O)[C@H](O)C(CO)O[C@H]1O. The number of rotatable bonds is 37. The van der Waals surface area contributed by atoms with E-state index in [1.807, 2.05) is 24.3 Å². The Morgan fingerprint density at radius 2 is 0.881 bits per heavy atom. The molecule has 1 aliphatic rings. The molecule has 6 atom stereocenters. The standard InChI is InChI=1S/C56H85N3O8/c1-3-5-7-9-11-13-15-17-19-21-23-25-27-29-31-33-35-37-39-44-50(61)57-46-42-41-43-48(55(65)59-52-54(64)53(63)49(47-60)67-56(52)66)58-51(62)45-40-38-36-34-32-30-28-26-24-22-20-18-16-14-12-10-8-6-4-2/h5-8,11-14,17-20,23-26,29-32,35-38,48-49,52-54,56,60,63-64,66H,3-4,9-10,15-16,21-22,27-28,33-34,39-47H2,1-2H3,(H,57,61)(H,58,62)(H,59,65)/b7-5-,8-6-,13-11-,14-12-,19-17-,20-18-,25-23-,26-24-,31-29-,32-30-,37-35-,38-36-/t48-,49?,52?,53+,54?,56+/m0/s1. The van der Waals surface area contributed by atoms with Gasteiger partial charge in [-0.05, 0) is 109 Å². The third-order valence-electron chi connectivity index (χ3n) is 10.4. The number of carbonyl (C=O) groups is 3. The van der Waals surface area contributed by atoms with Gasteiger partial charge in [-0.2, -0.15) is 0 Å². The second-order valence-corrected chi connectivity index (χ2v) is 16.1. The van der Waals surface area contributed by atoms with E-state index in [-0.39, 0.29) is 24.7 Å². The van der Waals surface area contributed by atoms with Gasteiger partial charge in [0.1, 0.15) is 30.4 Å². The van der Waals surface area contributed by atoms with Gasteiger partial charge >= 0.3 is 0 Å². The van der Waals surface area contributed by atoms with Gasteiger partial charge in [0.25, 0.3) is 0 Å². The van der Waals surface area contributed by atoms with Crippen LogP contribution < -0.4 is 16.0 Å². The van der Waals surface area contributed by atoms with Gasteiger partial charge < -0.3 is 41.1 Å². The normalized spacial score (nSPS) is 20.2. The molecule has 372 valence electrons. The van der Waals surface area contributed by atoms with Crippen LogP contribution in [-0.2, 0) is 19.1 Å². The average molecular weight is 928 g/mol. The summed E-state index contributed by atoms with van der Waals surface area (Å²) in [5.74, 6) is -1.08. The molecule has 0 radical (unpaired) electrons. The maximum Gasteiger partial charge on any atom is 0.243 e. The first-order chi connectivity index (χ1) is 32.7. The van der Waals surface area contributed by atoms with E-state index in [1.54, 1.807) is 0 Å². The summed E-state index contributed by atoms with van der Waals surface area (Å²) in [6, 6.07) is -2.39. The maximum absolute atomic E-state index is 13.4. The number of hydrogen-bond donors (Lipinski definition) is 7. The summed E-state index contributed by atoms with van der Waals surface area (Å²) in [6.07, 6.45) is 59.1. The van der Waals surface area contributed by atoms with Crippen molar-refractivity contribution in [2.75, 3.05) is 13.2 Å². The van der Waals surface area contributed by atoms with Crippen molar-refractivity contribution in [2.24, 2.45) is 0 Å². The van der Waals surface area contributed by atoms with Gasteiger partial charge in [0.15, 0.2) is 6.29 Å². The second kappa shape index (κ2) is 43.6. The van der Waals surface area contributed by atoms with Crippen LogP contribution in [0.2, 0.25) is 0 Å². The van der Waals surface area contributed by atoms with Crippen molar-refractivity contribution in [3.63, 3.8) is 0 Å². The van der Waals surface area contributed by atoms with Gasteiger partial charge in [0.05, 0.1) is 6.61 Å². The smallest absolute Gasteiger partial charge is 0.243 e. The highest BCUT2D eigenvalue weighted by Crippen LogP contribution is 2.20. The number of amides is 3. The molecule has 1 aliphatic heterocycles. The number of hydrogen-bond acceptors (Lipinski definition) is 8. The summed E-state index contributed by atoms with van der Waals surface area (Å²) in [6.45, 7) is 4.03. The number of aliphatic hydroxyl groups excluding tert-OH is 4. The quantitative estimate of drug-likeness (QED) is 0.0238. The molecular formula is C56H85N3O8. The second-order valence-electron chi connectivity index (χ2n) is 16.1. The Labute approximate surface area is 403 Å². The molecule has 7 N–H and O–H groups in total. The molecular weight excluding hydrogens is 843 g/mol. The van der Waals surface area contributed by atoms with E-state index in [9.17, 15) is 34.8 Å². The lowest BCUT2D eigenvalue weighted by Crippen LogP contribution is -2.65. The lowest BCUT2D eigenvalue weighted by atomic mass is 9.96. The summed E-state index contributed by atoms with van der Waals surface area (Å²) in [5.41, 5.74) is 0. The molecule has 0 aliphatic carbocycles. The van der Waals surface area contributed by atoms with E-state index in [2.05, 4.69) is 151 Å². The molecule has 0 bridgehead atoms. The van der Waals surface area contributed by atoms with E-state index in [0.717, 1.165) is 77.0 Å². The van der Waals surface area contributed by atoms with Crippen LogP contribution >= 0.6 is 0 Å². The molecule has 67 heavy (non-hydrogen) atoms. The fourth-order valence-corrected chi connectivity index (χ4v) is 6.55. The third-order valence-corrected chi connectivity index (χ3v) is 10.4. The number of ether oxygens (including phenoxy) is 1. The Hall–Kier alpha value is -4.91. The van der Waals surface area contributed by atoms with Crippen LogP contribution in [0.25, 0.3) is 0 Å². The number of unbranched alkanes of at least 4 members (excludes halogenated alkanes) is 1. The van der Waals surface area contributed by atoms with Crippen LogP contribution in [0.1, 0.15) is 136 Å². The van der Waals surface area contributed by atoms with Gasteiger partial charge in [-0.3, -0.25) is 14.4 Å². The van der Waals surface area contributed by atoms with Crippen molar-refractivity contribution in [3.05, 3.63) is 146 Å². The number of aliphatic hydroxyl groups is 4. The molecule has 1 fully saturated rings. The summed E-state index contributed by atoms with van der Waals surface area (Å²) >= 11 is 0. The highest BCUT2D eigenvalue weighted by molar-refractivity contribution is 5.87. The highest BCUT2D eigenvalue weighted by Gasteiger charge is 2.44. The Balaban J connectivity index is 2.45. The van der Waals surface area contributed by atoms with Gasteiger partial charge in [-0.15, -0.1) is 0 Å². The van der Waals surface area contributed by atoms with E-state index in [4.69, 9.17) is 4.74 Å². The van der Waals surface area contributed by atoms with Crippen molar-refractivity contribution in [2.45, 2.75) is 173 Å². The molecule has 0 aromatic heterocycles. The Morgan fingerprint density at radius 3 is 1.27 bits per heavy atom. The molecule has 1 saturated heterocycles. The van der Waals surface area contributed by atoms with Gasteiger partial charge in [-0.25, -0.2) is 0 Å². The number of nitrogens with one attached hydrogen (secondary N) is 3. The first kappa shape index (κ1) is 60.1. The summed E-state index contributed by atoms with van der Waals surface area (Å²) in [7, 11) is 0. The number of carbonyl (C=O) groups excluding carboxylic acids is 3. The largest absolute Gasteiger partial charge is 0.394 e. The lowest BCUT2D eigenvalue weighted by Gasteiger charge is -2.40. The molecule has 3 unspecified atom stereocenters. The van der Waals surface area contributed by atoms with Gasteiger partial charge in [-0.1, -0.05) is 160 Å². The van der Waals surface area contributed by atoms with Crippen LogP contribution in [0.3, 0.4) is 0 Å². The average Bonchev–Trinajstić information content (AvgIpc) is 3.32. The monoisotopic (exact) mass is 928 g/mol. The zero-order valence-corrected chi connectivity index (χ0v) is 40.6. The van der Waals surface area contributed by atoms with Crippen LogP contribution in [0, 0.1) is 0 Å². The van der Waals surface area contributed by atoms with E-state index in [0.29, 0.717) is 38.6 Å². The van der Waals surface area contributed by atoms with Gasteiger partial charge in [0, 0.05) is 19.4 Å². The van der Waals surface area contributed by atoms with E-state index >= 15 is 0 Å². The predicted molar refractivity (Wildman–Crippen MR) is 276 cm³/mol. The van der Waals surface area contributed by atoms with Crippen molar-refractivity contribution < 1.29 is 39.5 Å². The Morgan fingerprint density at radius 1 is 0.507 bits per heavy atom. The molecule has 0 saturated carbocycles. The summed E-state index contributed by atoms with van der Waals surface area (Å²) in [5, 5.41) is 48.9. The van der Waals surface area contributed by atoms with Crippen LogP contribution in [0.15, 0.2) is 146 Å². The molecule has 0 spiro atoms. The molecule has 1 heterocycles. The molecule has 11 heteroatoms. The molecule has 11 nitrogen and oxygen atoms in total. The zero-order chi connectivity index (χ0) is 48.8. The number of allylic oxidation sites excluding steroid dienone is 24. The Kier molecular flexibility index (Phi) is 39.2. The van der Waals surface area contributed by atoms with E-state index < -0.39 is 49.2 Å². The first-order valence-corrected chi connectivity index (χ1v) is 24.7. The molecule has 0 aromatic rings. The molecule has 0 aromatic carbocycles. The van der Waals surface area contributed by atoms with Gasteiger partial charge in [0.2, 0.25) is 17.7 Å².